The van der Waals surface area contributed by atoms with Crippen LogP contribution in [0, 0.1) is 5.82 Å². The van der Waals surface area contributed by atoms with Crippen LogP contribution in [0.15, 0.2) is 17.0 Å². The van der Waals surface area contributed by atoms with Gasteiger partial charge in [0.2, 0.25) is 0 Å². The lowest BCUT2D eigenvalue weighted by Crippen LogP contribution is -2.14. The highest BCUT2D eigenvalue weighted by atomic mass is 32.2. The number of methoxy groups -OCH3 is 1. The van der Waals surface area contributed by atoms with E-state index in [9.17, 15) is 17.6 Å². The van der Waals surface area contributed by atoms with Crippen LogP contribution >= 0.6 is 0 Å². The molecule has 4 nitrogen and oxygen atoms in total. The Morgan fingerprint density at radius 2 is 1.86 bits per heavy atom. The van der Waals surface area contributed by atoms with Crippen LogP contribution in [0.25, 0.3) is 0 Å². The third kappa shape index (κ3) is 3.43. The van der Waals surface area contributed by atoms with E-state index in [1.165, 1.54) is 6.07 Å². The summed E-state index contributed by atoms with van der Waals surface area (Å²) in [5, 5.41) is 0. The van der Waals surface area contributed by atoms with E-state index in [4.69, 9.17) is 0 Å². The van der Waals surface area contributed by atoms with Crippen molar-refractivity contribution in [1.29, 1.82) is 0 Å². The highest BCUT2D eigenvalue weighted by molar-refractivity contribution is 7.90. The molecular weight excluding hydrogens is 295 g/mol. The third-order valence-corrected chi connectivity index (χ3v) is 5.10. The maximum atomic E-state index is 14.1. The predicted octanol–water partition coefficient (Wildman–Crippen LogP) is 3.06. The SMILES string of the molecule is COC(=O)c1cc(S(C)(=O)=O)c(C2CCCCC2)cc1F. The van der Waals surface area contributed by atoms with Gasteiger partial charge in [-0.05, 0) is 36.5 Å². The van der Waals surface area contributed by atoms with Crippen molar-refractivity contribution in [2.45, 2.75) is 42.9 Å². The van der Waals surface area contributed by atoms with Gasteiger partial charge in [-0.25, -0.2) is 17.6 Å². The Kier molecular flexibility index (Phi) is 4.66. The molecule has 1 fully saturated rings. The van der Waals surface area contributed by atoms with Gasteiger partial charge in [0, 0.05) is 6.26 Å². The van der Waals surface area contributed by atoms with E-state index in [2.05, 4.69) is 4.74 Å². The van der Waals surface area contributed by atoms with Gasteiger partial charge >= 0.3 is 5.97 Å². The van der Waals surface area contributed by atoms with Crippen LogP contribution in [0.3, 0.4) is 0 Å². The van der Waals surface area contributed by atoms with E-state index >= 15 is 0 Å². The molecular formula is C15H19FO4S. The molecule has 0 heterocycles. The second-order valence-electron chi connectivity index (χ2n) is 5.47. The van der Waals surface area contributed by atoms with Gasteiger partial charge in [-0.3, -0.25) is 0 Å². The molecule has 0 radical (unpaired) electrons. The van der Waals surface area contributed by atoms with Gasteiger partial charge in [0.25, 0.3) is 0 Å². The molecule has 1 aliphatic carbocycles. The topological polar surface area (TPSA) is 60.4 Å². The number of esters is 1. The summed E-state index contributed by atoms with van der Waals surface area (Å²) in [7, 11) is -2.40. The first kappa shape index (κ1) is 15.9. The monoisotopic (exact) mass is 314 g/mol. The van der Waals surface area contributed by atoms with Crippen LogP contribution in [-0.4, -0.2) is 27.8 Å². The first-order valence-corrected chi connectivity index (χ1v) is 8.85. The molecule has 0 unspecified atom stereocenters. The van der Waals surface area contributed by atoms with E-state index < -0.39 is 21.6 Å². The molecule has 0 saturated heterocycles. The number of ether oxygens (including phenoxy) is 1. The average molecular weight is 314 g/mol. The smallest absolute Gasteiger partial charge is 0.340 e. The Morgan fingerprint density at radius 1 is 1.24 bits per heavy atom. The van der Waals surface area contributed by atoms with E-state index in [1.54, 1.807) is 0 Å². The van der Waals surface area contributed by atoms with Crippen molar-refractivity contribution in [2.24, 2.45) is 0 Å². The van der Waals surface area contributed by atoms with Crippen molar-refractivity contribution in [3.63, 3.8) is 0 Å². The summed E-state index contributed by atoms with van der Waals surface area (Å²) in [5.74, 6) is -1.56. The summed E-state index contributed by atoms with van der Waals surface area (Å²) in [6.45, 7) is 0. The average Bonchev–Trinajstić information content (AvgIpc) is 2.46. The second-order valence-corrected chi connectivity index (χ2v) is 7.45. The van der Waals surface area contributed by atoms with Gasteiger partial charge in [-0.1, -0.05) is 19.3 Å². The minimum absolute atomic E-state index is 0.0321. The summed E-state index contributed by atoms with van der Waals surface area (Å²) >= 11 is 0. The molecule has 1 aromatic carbocycles. The molecule has 0 N–H and O–H groups in total. The quantitative estimate of drug-likeness (QED) is 0.635. The van der Waals surface area contributed by atoms with Gasteiger partial charge in [-0.15, -0.1) is 0 Å². The number of carbonyl (C=O) groups is 1. The van der Waals surface area contributed by atoms with Crippen molar-refractivity contribution in [1.82, 2.24) is 0 Å². The molecule has 0 aromatic heterocycles. The van der Waals surface area contributed by atoms with Crippen LogP contribution in [0.4, 0.5) is 4.39 Å². The molecule has 1 aromatic rings. The lowest BCUT2D eigenvalue weighted by Gasteiger charge is -2.24. The Bertz CT molecular complexity index is 646. The first-order valence-electron chi connectivity index (χ1n) is 6.96. The molecule has 0 amide bonds. The van der Waals surface area contributed by atoms with E-state index in [0.717, 1.165) is 51.5 Å². The largest absolute Gasteiger partial charge is 0.465 e. The molecule has 1 saturated carbocycles. The molecule has 1 aliphatic rings. The van der Waals surface area contributed by atoms with Gasteiger partial charge in [-0.2, -0.15) is 0 Å². The van der Waals surface area contributed by atoms with Gasteiger partial charge in [0.05, 0.1) is 17.6 Å². The predicted molar refractivity (Wildman–Crippen MR) is 76.7 cm³/mol. The van der Waals surface area contributed by atoms with Gasteiger partial charge in [0.15, 0.2) is 9.84 Å². The first-order chi connectivity index (χ1) is 9.84. The third-order valence-electron chi connectivity index (χ3n) is 3.95. The minimum atomic E-state index is -3.54. The molecule has 116 valence electrons. The maximum Gasteiger partial charge on any atom is 0.340 e. The van der Waals surface area contributed by atoms with Crippen LogP contribution in [0.5, 0.6) is 0 Å². The number of benzene rings is 1. The second kappa shape index (κ2) is 6.13. The van der Waals surface area contributed by atoms with Crippen LogP contribution in [0.2, 0.25) is 0 Å². The van der Waals surface area contributed by atoms with Crippen LogP contribution in [-0.2, 0) is 14.6 Å². The van der Waals surface area contributed by atoms with E-state index in [0.29, 0.717) is 5.56 Å². The van der Waals surface area contributed by atoms with Crippen LogP contribution < -0.4 is 0 Å². The van der Waals surface area contributed by atoms with Gasteiger partial charge in [0.1, 0.15) is 5.82 Å². The number of carbonyl (C=O) groups excluding carboxylic acids is 1. The van der Waals surface area contributed by atoms with Gasteiger partial charge < -0.3 is 4.74 Å². The maximum absolute atomic E-state index is 14.1. The fourth-order valence-corrected chi connectivity index (χ4v) is 3.87. The number of hydrogen-bond acceptors (Lipinski definition) is 4. The lowest BCUT2D eigenvalue weighted by molar-refractivity contribution is 0.0595. The summed E-state index contributed by atoms with van der Waals surface area (Å²) in [6.07, 6.45) is 5.91. The number of halogens is 1. The van der Waals surface area contributed by atoms with Crippen LogP contribution in [0.1, 0.15) is 53.9 Å². The zero-order chi connectivity index (χ0) is 15.6. The Hall–Kier alpha value is -1.43. The van der Waals surface area contributed by atoms with Crippen molar-refractivity contribution in [2.75, 3.05) is 13.4 Å². The number of sulfone groups is 1. The Balaban J connectivity index is 2.58. The molecule has 0 atom stereocenters. The zero-order valence-corrected chi connectivity index (χ0v) is 13.0. The van der Waals surface area contributed by atoms with Crippen molar-refractivity contribution in [3.8, 4) is 0 Å². The lowest BCUT2D eigenvalue weighted by atomic mass is 9.83. The minimum Gasteiger partial charge on any atom is -0.465 e. The summed E-state index contributed by atoms with van der Waals surface area (Å²) < 4.78 is 42.6. The van der Waals surface area contributed by atoms with Crippen molar-refractivity contribution in [3.05, 3.63) is 29.1 Å². The standard InChI is InChI=1S/C15H19FO4S/c1-20-15(17)12-9-14(21(2,18)19)11(8-13(12)16)10-6-4-3-5-7-10/h8-10H,3-7H2,1-2H3. The highest BCUT2D eigenvalue weighted by Gasteiger charge is 2.26. The summed E-state index contributed by atoms with van der Waals surface area (Å²) in [6, 6.07) is 2.30. The fraction of sp³-hybridized carbons (Fsp3) is 0.533. The van der Waals surface area contributed by atoms with Crippen molar-refractivity contribution >= 4 is 15.8 Å². The Labute approximate surface area is 124 Å². The highest BCUT2D eigenvalue weighted by Crippen LogP contribution is 2.37. The van der Waals surface area contributed by atoms with Crippen molar-refractivity contribution < 1.29 is 22.3 Å². The molecule has 0 bridgehead atoms. The fourth-order valence-electron chi connectivity index (χ4n) is 2.89. The number of hydrogen-bond donors (Lipinski definition) is 0. The summed E-state index contributed by atoms with van der Waals surface area (Å²) in [4.78, 5) is 11.6. The summed E-state index contributed by atoms with van der Waals surface area (Å²) in [5.41, 5.74) is 0.153. The molecule has 0 spiro atoms. The molecule has 6 heteroatoms. The molecule has 0 aliphatic heterocycles. The molecule has 2 rings (SSSR count). The normalized spacial score (nSPS) is 16.7. The van der Waals surface area contributed by atoms with E-state index in [-0.39, 0.29) is 16.4 Å². The Morgan fingerprint density at radius 3 is 2.38 bits per heavy atom. The molecule has 21 heavy (non-hydrogen) atoms. The zero-order valence-electron chi connectivity index (χ0n) is 12.2. The number of rotatable bonds is 3. The van der Waals surface area contributed by atoms with E-state index in [1.807, 2.05) is 0 Å².